The molecule has 2 rings (SSSR count). The van der Waals surface area contributed by atoms with E-state index in [-0.39, 0.29) is 6.03 Å². The van der Waals surface area contributed by atoms with Crippen LogP contribution in [-0.4, -0.2) is 37.1 Å². The fourth-order valence-electron chi connectivity index (χ4n) is 2.90. The summed E-state index contributed by atoms with van der Waals surface area (Å²) < 4.78 is 0. The van der Waals surface area contributed by atoms with Crippen molar-refractivity contribution >= 4 is 11.7 Å². The molecule has 0 atom stereocenters. The summed E-state index contributed by atoms with van der Waals surface area (Å²) >= 11 is 0. The molecule has 0 aromatic heterocycles. The third-order valence-corrected chi connectivity index (χ3v) is 4.27. The summed E-state index contributed by atoms with van der Waals surface area (Å²) in [6.07, 6.45) is 6.10. The number of likely N-dealkylation sites (tertiary alicyclic amines) is 1. The van der Waals surface area contributed by atoms with Crippen molar-refractivity contribution in [2.45, 2.75) is 46.0 Å². The molecule has 1 heterocycles. The Morgan fingerprint density at radius 3 is 2.73 bits per heavy atom. The van der Waals surface area contributed by atoms with Gasteiger partial charge in [-0.15, -0.1) is 0 Å². The first-order valence-electron chi connectivity index (χ1n) is 8.56. The van der Waals surface area contributed by atoms with E-state index in [0.29, 0.717) is 6.54 Å². The number of aryl methyl sites for hydroxylation is 2. The summed E-state index contributed by atoms with van der Waals surface area (Å²) in [5.41, 5.74) is 3.38. The molecule has 0 aliphatic carbocycles. The third-order valence-electron chi connectivity index (χ3n) is 4.27. The summed E-state index contributed by atoms with van der Waals surface area (Å²) in [4.78, 5) is 14.4. The van der Waals surface area contributed by atoms with Crippen LogP contribution in [0.25, 0.3) is 0 Å². The Balaban J connectivity index is 1.75. The van der Waals surface area contributed by atoms with Crippen molar-refractivity contribution in [3.8, 4) is 0 Å². The van der Waals surface area contributed by atoms with E-state index in [1.54, 1.807) is 0 Å². The average molecular weight is 303 g/mol. The lowest BCUT2D eigenvalue weighted by Crippen LogP contribution is -2.36. The Kier molecular flexibility index (Phi) is 6.72. The van der Waals surface area contributed by atoms with Gasteiger partial charge < -0.3 is 15.5 Å². The van der Waals surface area contributed by atoms with E-state index in [9.17, 15) is 4.79 Å². The van der Waals surface area contributed by atoms with Crippen molar-refractivity contribution in [2.75, 3.05) is 31.5 Å². The van der Waals surface area contributed by atoms with Gasteiger partial charge in [0.2, 0.25) is 0 Å². The molecule has 1 aliphatic rings. The Bertz CT molecular complexity index is 481. The molecule has 1 saturated heterocycles. The number of nitrogens with zero attached hydrogens (tertiary/aromatic N) is 1. The molecule has 0 bridgehead atoms. The lowest BCUT2D eigenvalue weighted by molar-refractivity contribution is 0.249. The number of carbonyl (C=O) groups is 1. The van der Waals surface area contributed by atoms with E-state index < -0.39 is 0 Å². The summed E-state index contributed by atoms with van der Waals surface area (Å²) in [6, 6.07) is 6.20. The molecule has 1 aromatic rings. The van der Waals surface area contributed by atoms with Crippen molar-refractivity contribution in [2.24, 2.45) is 0 Å². The second-order valence-electron chi connectivity index (χ2n) is 6.18. The zero-order valence-corrected chi connectivity index (χ0v) is 14.0. The van der Waals surface area contributed by atoms with Crippen molar-refractivity contribution in [1.29, 1.82) is 0 Å². The lowest BCUT2D eigenvalue weighted by atomic mass is 10.0. The molecule has 0 spiro atoms. The van der Waals surface area contributed by atoms with E-state index in [0.717, 1.165) is 24.2 Å². The SMILES string of the molecule is CCCCc1ccc(NC(=O)NCCN2CCCC2)c(C)c1. The van der Waals surface area contributed by atoms with Crippen molar-refractivity contribution in [3.63, 3.8) is 0 Å². The Labute approximate surface area is 134 Å². The highest BCUT2D eigenvalue weighted by Crippen LogP contribution is 2.17. The molecule has 1 fully saturated rings. The first kappa shape index (κ1) is 16.8. The number of amides is 2. The molecule has 1 aliphatic heterocycles. The molecule has 0 unspecified atom stereocenters. The Morgan fingerprint density at radius 1 is 1.27 bits per heavy atom. The van der Waals surface area contributed by atoms with E-state index >= 15 is 0 Å². The van der Waals surface area contributed by atoms with Crippen LogP contribution in [0.4, 0.5) is 10.5 Å². The highest BCUT2D eigenvalue weighted by atomic mass is 16.2. The van der Waals surface area contributed by atoms with Crippen LogP contribution in [0.5, 0.6) is 0 Å². The number of carbonyl (C=O) groups excluding carboxylic acids is 1. The van der Waals surface area contributed by atoms with Gasteiger partial charge >= 0.3 is 6.03 Å². The van der Waals surface area contributed by atoms with Crippen LogP contribution in [0, 0.1) is 6.92 Å². The monoisotopic (exact) mass is 303 g/mol. The molecular weight excluding hydrogens is 274 g/mol. The number of rotatable bonds is 7. The number of hydrogen-bond acceptors (Lipinski definition) is 2. The largest absolute Gasteiger partial charge is 0.337 e. The zero-order chi connectivity index (χ0) is 15.8. The van der Waals surface area contributed by atoms with Crippen LogP contribution >= 0.6 is 0 Å². The maximum Gasteiger partial charge on any atom is 0.319 e. The Morgan fingerprint density at radius 2 is 2.05 bits per heavy atom. The predicted molar refractivity (Wildman–Crippen MR) is 92.5 cm³/mol. The zero-order valence-electron chi connectivity index (χ0n) is 14.0. The van der Waals surface area contributed by atoms with Crippen LogP contribution in [0.2, 0.25) is 0 Å². The van der Waals surface area contributed by atoms with Crippen LogP contribution in [-0.2, 0) is 6.42 Å². The minimum Gasteiger partial charge on any atom is -0.337 e. The van der Waals surface area contributed by atoms with Crippen LogP contribution in [0.1, 0.15) is 43.7 Å². The van der Waals surface area contributed by atoms with E-state index in [1.807, 2.05) is 6.07 Å². The van der Waals surface area contributed by atoms with Gasteiger partial charge in [-0.2, -0.15) is 0 Å². The molecule has 2 N–H and O–H groups in total. The molecule has 0 saturated carbocycles. The van der Waals surface area contributed by atoms with Gasteiger partial charge in [0.1, 0.15) is 0 Å². The average Bonchev–Trinajstić information content (AvgIpc) is 3.01. The number of anilines is 1. The molecule has 0 radical (unpaired) electrons. The first-order chi connectivity index (χ1) is 10.7. The predicted octanol–water partition coefficient (Wildman–Crippen LogP) is 3.55. The minimum absolute atomic E-state index is 0.108. The third kappa shape index (κ3) is 5.34. The second kappa shape index (κ2) is 8.79. The maximum atomic E-state index is 12.0. The van der Waals surface area contributed by atoms with Gasteiger partial charge in [0.15, 0.2) is 0 Å². The molecule has 22 heavy (non-hydrogen) atoms. The van der Waals surface area contributed by atoms with Gasteiger partial charge in [-0.25, -0.2) is 4.79 Å². The minimum atomic E-state index is -0.108. The van der Waals surface area contributed by atoms with Gasteiger partial charge in [-0.05, 0) is 62.9 Å². The number of hydrogen-bond donors (Lipinski definition) is 2. The van der Waals surface area contributed by atoms with Crippen molar-refractivity contribution < 1.29 is 4.79 Å². The van der Waals surface area contributed by atoms with Crippen molar-refractivity contribution in [3.05, 3.63) is 29.3 Å². The normalized spacial score (nSPS) is 15.0. The van der Waals surface area contributed by atoms with E-state index in [1.165, 1.54) is 44.3 Å². The molecule has 4 heteroatoms. The number of benzene rings is 1. The fourth-order valence-corrected chi connectivity index (χ4v) is 2.90. The van der Waals surface area contributed by atoms with E-state index in [4.69, 9.17) is 0 Å². The van der Waals surface area contributed by atoms with Gasteiger partial charge in [0.05, 0.1) is 0 Å². The standard InChI is InChI=1S/C18H29N3O/c1-3-4-7-16-8-9-17(15(2)14-16)20-18(22)19-10-13-21-11-5-6-12-21/h8-9,14H,3-7,10-13H2,1-2H3,(H2,19,20,22). The number of unbranched alkanes of at least 4 members (excludes halogenated alkanes) is 1. The quantitative estimate of drug-likeness (QED) is 0.809. The molecule has 122 valence electrons. The van der Waals surface area contributed by atoms with Gasteiger partial charge in [0, 0.05) is 18.8 Å². The molecule has 4 nitrogen and oxygen atoms in total. The second-order valence-corrected chi connectivity index (χ2v) is 6.18. The van der Waals surface area contributed by atoms with Crippen LogP contribution < -0.4 is 10.6 Å². The topological polar surface area (TPSA) is 44.4 Å². The van der Waals surface area contributed by atoms with E-state index in [2.05, 4.69) is 41.5 Å². The smallest absolute Gasteiger partial charge is 0.319 e. The summed E-state index contributed by atoms with van der Waals surface area (Å²) in [7, 11) is 0. The first-order valence-corrected chi connectivity index (χ1v) is 8.56. The number of nitrogens with one attached hydrogen (secondary N) is 2. The lowest BCUT2D eigenvalue weighted by Gasteiger charge is -2.15. The summed E-state index contributed by atoms with van der Waals surface area (Å²) in [5.74, 6) is 0. The van der Waals surface area contributed by atoms with Gasteiger partial charge in [-0.3, -0.25) is 0 Å². The van der Waals surface area contributed by atoms with Crippen LogP contribution in [0.15, 0.2) is 18.2 Å². The molecule has 1 aromatic carbocycles. The summed E-state index contributed by atoms with van der Waals surface area (Å²) in [6.45, 7) is 8.25. The van der Waals surface area contributed by atoms with Gasteiger partial charge in [-0.1, -0.05) is 25.5 Å². The highest BCUT2D eigenvalue weighted by molar-refractivity contribution is 5.90. The molecular formula is C18H29N3O. The number of urea groups is 1. The van der Waals surface area contributed by atoms with Gasteiger partial charge in [0.25, 0.3) is 0 Å². The summed E-state index contributed by atoms with van der Waals surface area (Å²) in [5, 5.41) is 5.89. The Hall–Kier alpha value is -1.55. The molecule has 2 amide bonds. The highest BCUT2D eigenvalue weighted by Gasteiger charge is 2.11. The van der Waals surface area contributed by atoms with Crippen molar-refractivity contribution in [1.82, 2.24) is 10.2 Å². The maximum absolute atomic E-state index is 12.0. The van der Waals surface area contributed by atoms with Crippen LogP contribution in [0.3, 0.4) is 0 Å². The fraction of sp³-hybridized carbons (Fsp3) is 0.611.